The number of para-hydroxylation sites is 1. The fourth-order valence-electron chi connectivity index (χ4n) is 4.36. The van der Waals surface area contributed by atoms with Gasteiger partial charge in [0.2, 0.25) is 0 Å². The van der Waals surface area contributed by atoms with Crippen LogP contribution < -0.4 is 4.31 Å². The van der Waals surface area contributed by atoms with Crippen LogP contribution in [-0.2, 0) is 10.2 Å². The summed E-state index contributed by atoms with van der Waals surface area (Å²) in [6, 6.07) is 5.06. The van der Waals surface area contributed by atoms with E-state index in [1.807, 2.05) is 59.7 Å². The summed E-state index contributed by atoms with van der Waals surface area (Å²) in [5.74, 6) is -0.0224. The Morgan fingerprint density at radius 3 is 1.83 bits per heavy atom. The molecule has 1 aliphatic carbocycles. The largest absolute Gasteiger partial charge is 0.464 e. The molecule has 1 fully saturated rings. The van der Waals surface area contributed by atoms with Crippen LogP contribution in [0.3, 0.4) is 0 Å². The summed E-state index contributed by atoms with van der Waals surface area (Å²) < 4.78 is 29.7. The van der Waals surface area contributed by atoms with E-state index in [9.17, 15) is 18.3 Å². The fourth-order valence-corrected chi connectivity index (χ4v) is 6.31. The Bertz CT molecular complexity index is 786. The van der Waals surface area contributed by atoms with E-state index in [2.05, 4.69) is 0 Å². The maximum atomic E-state index is 13.8. The molecule has 6 nitrogen and oxygen atoms in total. The third-order valence-corrected chi connectivity index (χ3v) is 7.71. The molecular weight excluding hydrogens is 388 g/mol. The van der Waals surface area contributed by atoms with E-state index in [-0.39, 0.29) is 23.9 Å². The van der Waals surface area contributed by atoms with Gasteiger partial charge in [0.05, 0.1) is 5.69 Å². The van der Waals surface area contributed by atoms with E-state index in [1.54, 1.807) is 0 Å². The number of rotatable bonds is 7. The van der Waals surface area contributed by atoms with Crippen molar-refractivity contribution < 1.29 is 18.3 Å². The first-order chi connectivity index (χ1) is 13.5. The summed E-state index contributed by atoms with van der Waals surface area (Å²) in [7, 11) is -4.26. The van der Waals surface area contributed by atoms with Gasteiger partial charge in [0.1, 0.15) is 0 Å². The minimum Gasteiger partial charge on any atom is -0.464 e. The molecule has 1 amide bonds. The summed E-state index contributed by atoms with van der Waals surface area (Å²) in [6.07, 6.45) is 3.12. The summed E-state index contributed by atoms with van der Waals surface area (Å²) in [5, 5.41) is 10.1. The first kappa shape index (κ1) is 23.7. The quantitative estimate of drug-likeness (QED) is 0.608. The minimum atomic E-state index is -4.26. The molecule has 1 aromatic rings. The molecule has 29 heavy (non-hydrogen) atoms. The third kappa shape index (κ3) is 4.94. The molecule has 0 atom stereocenters. The molecule has 1 aromatic carbocycles. The Balaban J connectivity index is 2.71. The van der Waals surface area contributed by atoms with Crippen molar-refractivity contribution in [1.29, 1.82) is 0 Å². The molecular formula is C22H36N2O4S. The van der Waals surface area contributed by atoms with Gasteiger partial charge in [0.15, 0.2) is 0 Å². The highest BCUT2D eigenvalue weighted by Crippen LogP contribution is 2.39. The number of hydrogen-bond donors (Lipinski definition) is 1. The van der Waals surface area contributed by atoms with E-state index in [4.69, 9.17) is 0 Å². The van der Waals surface area contributed by atoms with Crippen molar-refractivity contribution in [3.05, 3.63) is 29.3 Å². The van der Waals surface area contributed by atoms with E-state index >= 15 is 0 Å². The van der Waals surface area contributed by atoms with Crippen LogP contribution in [0.5, 0.6) is 0 Å². The monoisotopic (exact) mass is 424 g/mol. The molecule has 0 radical (unpaired) electrons. The predicted molar refractivity (Wildman–Crippen MR) is 118 cm³/mol. The number of hydrogen-bond acceptors (Lipinski definition) is 3. The van der Waals surface area contributed by atoms with Crippen LogP contribution in [0, 0.1) is 0 Å². The molecule has 0 spiro atoms. The second-order valence-corrected chi connectivity index (χ2v) is 10.5. The van der Waals surface area contributed by atoms with Crippen LogP contribution in [0.1, 0.15) is 96.6 Å². The van der Waals surface area contributed by atoms with Gasteiger partial charge < -0.3 is 5.11 Å². The summed E-state index contributed by atoms with van der Waals surface area (Å²) in [4.78, 5) is 12.4. The lowest BCUT2D eigenvalue weighted by atomic mass is 9.93. The van der Waals surface area contributed by atoms with Crippen LogP contribution >= 0.6 is 0 Å². The van der Waals surface area contributed by atoms with Crippen LogP contribution in [0.25, 0.3) is 0 Å². The molecule has 0 bridgehead atoms. The van der Waals surface area contributed by atoms with Gasteiger partial charge in [0, 0.05) is 12.1 Å². The molecule has 7 heteroatoms. The topological polar surface area (TPSA) is 77.9 Å². The third-order valence-electron chi connectivity index (χ3n) is 5.66. The van der Waals surface area contributed by atoms with E-state index < -0.39 is 16.3 Å². The highest BCUT2D eigenvalue weighted by Gasteiger charge is 2.42. The number of amides is 1. The molecule has 0 unspecified atom stereocenters. The normalized spacial score (nSPS) is 16.2. The fraction of sp³-hybridized carbons (Fsp3) is 0.682. The zero-order valence-corrected chi connectivity index (χ0v) is 19.4. The van der Waals surface area contributed by atoms with Gasteiger partial charge in [-0.25, -0.2) is 4.79 Å². The number of anilines is 1. The molecule has 2 rings (SSSR count). The van der Waals surface area contributed by atoms with Gasteiger partial charge in [-0.3, -0.25) is 0 Å². The van der Waals surface area contributed by atoms with Gasteiger partial charge in [-0.2, -0.15) is 17.0 Å². The summed E-state index contributed by atoms with van der Waals surface area (Å²) >= 11 is 0. The number of carbonyl (C=O) groups is 1. The second kappa shape index (κ2) is 9.47. The Labute approximate surface area is 176 Å². The second-order valence-electron chi connectivity index (χ2n) is 8.86. The Kier molecular flexibility index (Phi) is 7.74. The smallest absolute Gasteiger partial charge is 0.426 e. The van der Waals surface area contributed by atoms with Crippen LogP contribution in [0.15, 0.2) is 18.2 Å². The number of nitrogens with zero attached hydrogens (tertiary/aromatic N) is 2. The van der Waals surface area contributed by atoms with E-state index in [1.165, 1.54) is 4.31 Å². The number of benzene rings is 1. The lowest BCUT2D eigenvalue weighted by Crippen LogP contribution is -2.54. The van der Waals surface area contributed by atoms with Crippen LogP contribution in [0.2, 0.25) is 0 Å². The average molecular weight is 425 g/mol. The Morgan fingerprint density at radius 1 is 0.966 bits per heavy atom. The molecule has 164 valence electrons. The molecule has 0 saturated heterocycles. The minimum absolute atomic E-state index is 0.0112. The first-order valence-electron chi connectivity index (χ1n) is 10.7. The zero-order valence-electron chi connectivity index (χ0n) is 18.6. The molecule has 0 aliphatic heterocycles. The van der Waals surface area contributed by atoms with Gasteiger partial charge in [-0.05, 0) is 49.7 Å². The molecule has 1 saturated carbocycles. The zero-order chi connectivity index (χ0) is 21.9. The summed E-state index contributed by atoms with van der Waals surface area (Å²) in [6.45, 7) is 11.5. The van der Waals surface area contributed by atoms with Gasteiger partial charge in [-0.1, -0.05) is 65.2 Å². The predicted octanol–water partition coefficient (Wildman–Crippen LogP) is 5.71. The standard InChI is InChI=1S/C22H36N2O4S/c1-15(2)19-13-10-14-20(16(3)4)21(19)24(22(25)26)29(27,28)23(17(5)6)18-11-8-7-9-12-18/h10,13-18H,7-9,11-12H2,1-6H3,(H,25,26). The van der Waals surface area contributed by atoms with Crippen molar-refractivity contribution in [3.63, 3.8) is 0 Å². The van der Waals surface area contributed by atoms with Crippen LogP contribution in [-0.4, -0.2) is 36.0 Å². The highest BCUT2D eigenvalue weighted by atomic mass is 32.2. The average Bonchev–Trinajstić information content (AvgIpc) is 2.61. The van der Waals surface area contributed by atoms with Crippen molar-refractivity contribution in [2.45, 2.75) is 97.6 Å². The Morgan fingerprint density at radius 2 is 1.45 bits per heavy atom. The van der Waals surface area contributed by atoms with Gasteiger partial charge in [0.25, 0.3) is 0 Å². The van der Waals surface area contributed by atoms with Crippen LogP contribution in [0.4, 0.5) is 10.5 Å². The SMILES string of the molecule is CC(C)c1cccc(C(C)C)c1N(C(=O)O)S(=O)(=O)N(C(C)C)C1CCCCC1. The molecule has 1 aliphatic rings. The van der Waals surface area contributed by atoms with Crippen molar-refractivity contribution in [2.75, 3.05) is 4.31 Å². The van der Waals surface area contributed by atoms with E-state index in [0.717, 1.165) is 43.2 Å². The van der Waals surface area contributed by atoms with E-state index in [0.29, 0.717) is 9.99 Å². The van der Waals surface area contributed by atoms with Crippen molar-refractivity contribution in [2.24, 2.45) is 0 Å². The maximum Gasteiger partial charge on any atom is 0.426 e. The van der Waals surface area contributed by atoms with Crippen molar-refractivity contribution in [3.8, 4) is 0 Å². The molecule has 0 aromatic heterocycles. The summed E-state index contributed by atoms with van der Waals surface area (Å²) in [5.41, 5.74) is 1.76. The van der Waals surface area contributed by atoms with Gasteiger partial charge >= 0.3 is 16.3 Å². The highest BCUT2D eigenvalue weighted by molar-refractivity contribution is 7.91. The lowest BCUT2D eigenvalue weighted by molar-refractivity contribution is 0.200. The van der Waals surface area contributed by atoms with Crippen molar-refractivity contribution in [1.82, 2.24) is 4.31 Å². The van der Waals surface area contributed by atoms with Crippen molar-refractivity contribution >= 4 is 22.0 Å². The maximum absolute atomic E-state index is 13.8. The van der Waals surface area contributed by atoms with Gasteiger partial charge in [-0.15, -0.1) is 0 Å². The number of carboxylic acid groups (broad SMARTS) is 1. The first-order valence-corrected chi connectivity index (χ1v) is 12.1. The Hall–Kier alpha value is -1.60. The lowest BCUT2D eigenvalue weighted by Gasteiger charge is -2.39. The molecule has 0 heterocycles. The molecule has 1 N–H and O–H groups in total.